The Hall–Kier alpha value is -4.49. The van der Waals surface area contributed by atoms with Gasteiger partial charge in [0.2, 0.25) is 21.8 Å². The molecule has 3 amide bonds. The van der Waals surface area contributed by atoms with Gasteiger partial charge in [0, 0.05) is 35.4 Å². The molecule has 12 nitrogen and oxygen atoms in total. The second-order valence-corrected chi connectivity index (χ2v) is 15.5. The zero-order valence-corrected chi connectivity index (χ0v) is 28.2. The van der Waals surface area contributed by atoms with Gasteiger partial charge in [-0.25, -0.2) is 13.4 Å². The van der Waals surface area contributed by atoms with Crippen LogP contribution in [-0.2, 0) is 24.4 Å². The smallest absolute Gasteiger partial charge is 0.259 e. The maximum absolute atomic E-state index is 14.1. The fraction of sp³-hybridized carbons (Fsp3) is 0.444. The summed E-state index contributed by atoms with van der Waals surface area (Å²) in [5.74, 6) is -0.858. The SMILES string of the molecule is COc1ccc2c(O[C@@H]3C[C@H]4C(=O)N[C@]5(C(=O)NS(=O)(=O)C6CC6)C[C@H]5/C=C/CCCC[C@H](N)C(=O)N4C3)cc(-c3ccccc3)nc2c1. The first-order chi connectivity index (χ1) is 23.6. The van der Waals surface area contributed by atoms with Crippen LogP contribution in [0, 0.1) is 5.92 Å². The van der Waals surface area contributed by atoms with E-state index in [0.29, 0.717) is 54.8 Å². The van der Waals surface area contributed by atoms with Gasteiger partial charge in [-0.05, 0) is 50.7 Å². The summed E-state index contributed by atoms with van der Waals surface area (Å²) in [6.45, 7) is 0.101. The van der Waals surface area contributed by atoms with Crippen molar-refractivity contribution in [1.29, 1.82) is 0 Å². The minimum atomic E-state index is -3.84. The van der Waals surface area contributed by atoms with Crippen LogP contribution in [0.25, 0.3) is 22.2 Å². The molecule has 7 rings (SSSR count). The van der Waals surface area contributed by atoms with Crippen LogP contribution in [0.4, 0.5) is 0 Å². The predicted molar refractivity (Wildman–Crippen MR) is 183 cm³/mol. The summed E-state index contributed by atoms with van der Waals surface area (Å²) in [6, 6.07) is 15.3. The van der Waals surface area contributed by atoms with E-state index in [-0.39, 0.29) is 31.2 Å². The summed E-state index contributed by atoms with van der Waals surface area (Å²) >= 11 is 0. The number of carbonyl (C=O) groups excluding carboxylic acids is 3. The van der Waals surface area contributed by atoms with Gasteiger partial charge in [0.1, 0.15) is 29.2 Å². The van der Waals surface area contributed by atoms with Crippen LogP contribution in [0.3, 0.4) is 0 Å². The summed E-state index contributed by atoms with van der Waals surface area (Å²) in [6.07, 6.45) is 7.33. The number of carbonyl (C=O) groups is 3. The molecular weight excluding hydrogens is 646 g/mol. The van der Waals surface area contributed by atoms with Gasteiger partial charge in [0.25, 0.3) is 5.91 Å². The average molecular weight is 688 g/mol. The minimum absolute atomic E-state index is 0.101. The van der Waals surface area contributed by atoms with E-state index in [1.165, 1.54) is 4.90 Å². The van der Waals surface area contributed by atoms with E-state index >= 15 is 0 Å². The molecule has 1 aromatic heterocycles. The number of nitrogens with zero attached hydrogens (tertiary/aromatic N) is 2. The Bertz CT molecular complexity index is 1920. The van der Waals surface area contributed by atoms with Crippen LogP contribution >= 0.6 is 0 Å². The van der Waals surface area contributed by atoms with Crippen molar-refractivity contribution in [2.45, 2.75) is 80.3 Å². The van der Waals surface area contributed by atoms with Gasteiger partial charge in [-0.2, -0.15) is 0 Å². The molecule has 5 atom stereocenters. The van der Waals surface area contributed by atoms with E-state index < -0.39 is 50.8 Å². The van der Waals surface area contributed by atoms with Crippen LogP contribution in [0.2, 0.25) is 0 Å². The molecule has 0 bridgehead atoms. The van der Waals surface area contributed by atoms with Gasteiger partial charge >= 0.3 is 0 Å². The third kappa shape index (κ3) is 6.73. The lowest BCUT2D eigenvalue weighted by Gasteiger charge is -2.28. The van der Waals surface area contributed by atoms with Crippen LogP contribution in [0.5, 0.6) is 11.5 Å². The van der Waals surface area contributed by atoms with Crippen molar-refractivity contribution >= 4 is 38.6 Å². The zero-order valence-electron chi connectivity index (χ0n) is 27.3. The normalized spacial score (nSPS) is 28.1. The molecule has 2 aliphatic heterocycles. The lowest BCUT2D eigenvalue weighted by molar-refractivity contribution is -0.140. The molecule has 4 N–H and O–H groups in total. The maximum Gasteiger partial charge on any atom is 0.259 e. The highest BCUT2D eigenvalue weighted by molar-refractivity contribution is 7.91. The van der Waals surface area contributed by atoms with Crippen molar-refractivity contribution in [3.05, 3.63) is 66.7 Å². The first-order valence-corrected chi connectivity index (χ1v) is 18.4. The molecule has 0 spiro atoms. The topological polar surface area (TPSA) is 170 Å². The molecule has 0 unspecified atom stereocenters. The number of nitrogens with two attached hydrogens (primary N) is 1. The van der Waals surface area contributed by atoms with Gasteiger partial charge < -0.3 is 25.4 Å². The van der Waals surface area contributed by atoms with E-state index in [0.717, 1.165) is 17.4 Å². The maximum atomic E-state index is 14.1. The molecule has 3 fully saturated rings. The summed E-state index contributed by atoms with van der Waals surface area (Å²) in [4.78, 5) is 47.8. The molecule has 3 heterocycles. The second kappa shape index (κ2) is 13.1. The molecule has 2 saturated carbocycles. The number of amides is 3. The molecule has 3 aromatic rings. The van der Waals surface area contributed by atoms with E-state index in [1.54, 1.807) is 7.11 Å². The third-order valence-corrected chi connectivity index (χ3v) is 11.8. The predicted octanol–water partition coefficient (Wildman–Crippen LogP) is 3.20. The molecule has 49 heavy (non-hydrogen) atoms. The van der Waals surface area contributed by atoms with E-state index in [1.807, 2.05) is 66.7 Å². The Kier molecular flexibility index (Phi) is 8.82. The fourth-order valence-electron chi connectivity index (χ4n) is 6.90. The number of hydrogen-bond donors (Lipinski definition) is 3. The van der Waals surface area contributed by atoms with E-state index in [2.05, 4.69) is 10.0 Å². The molecule has 2 aliphatic carbocycles. The van der Waals surface area contributed by atoms with Gasteiger partial charge in [-0.15, -0.1) is 0 Å². The van der Waals surface area contributed by atoms with Crippen molar-refractivity contribution < 1.29 is 32.3 Å². The van der Waals surface area contributed by atoms with E-state index in [4.69, 9.17) is 20.2 Å². The number of fused-ring (bicyclic) bond motifs is 3. The number of benzene rings is 2. The standard InChI is InChI=1S/C36H41N5O7S/c1-47-24-13-16-27-30(17-24)38-29(22-9-5-4-6-10-22)19-32(27)48-25-18-31-33(42)39-36(35(44)40-49(45,46)26-14-15-26)20-23(36)11-7-2-3-8-12-28(37)34(43)41(31)21-25/h4-7,9-11,13,16-17,19,23,25-26,28,31H,2-3,8,12,14-15,18,20-21,37H2,1H3,(H,39,42)(H,40,44)/b11-7+/t23-,25-,28+,31+,36-/m1/s1. The first-order valence-electron chi connectivity index (χ1n) is 16.9. The number of methoxy groups -OCH3 is 1. The Labute approximate surface area is 285 Å². The Morgan fingerprint density at radius 1 is 1.08 bits per heavy atom. The first kappa shape index (κ1) is 33.0. The highest BCUT2D eigenvalue weighted by Crippen LogP contribution is 2.46. The molecule has 2 aromatic carbocycles. The average Bonchev–Trinajstić information content (AvgIpc) is 4.02. The number of sulfonamides is 1. The number of allylic oxidation sites excluding steroid dienone is 1. The highest BCUT2D eigenvalue weighted by atomic mass is 32.2. The van der Waals surface area contributed by atoms with Crippen LogP contribution < -0.4 is 25.2 Å². The Balaban J connectivity index is 1.19. The van der Waals surface area contributed by atoms with Gasteiger partial charge in [-0.3, -0.25) is 19.1 Å². The minimum Gasteiger partial charge on any atom is -0.497 e. The lowest BCUT2D eigenvalue weighted by atomic mass is 10.0. The van der Waals surface area contributed by atoms with Crippen molar-refractivity contribution in [2.24, 2.45) is 11.7 Å². The number of aromatic nitrogens is 1. The van der Waals surface area contributed by atoms with Crippen molar-refractivity contribution in [1.82, 2.24) is 19.9 Å². The molecule has 258 valence electrons. The molecular formula is C36H41N5O7S. The van der Waals surface area contributed by atoms with Crippen molar-refractivity contribution in [3.63, 3.8) is 0 Å². The third-order valence-electron chi connectivity index (χ3n) is 9.98. The molecule has 0 radical (unpaired) electrons. The summed E-state index contributed by atoms with van der Waals surface area (Å²) < 4.78 is 39.7. The molecule has 4 aliphatic rings. The quantitative estimate of drug-likeness (QED) is 0.316. The Morgan fingerprint density at radius 3 is 2.63 bits per heavy atom. The van der Waals surface area contributed by atoms with Gasteiger partial charge in [0.15, 0.2) is 0 Å². The fourth-order valence-corrected chi connectivity index (χ4v) is 8.27. The van der Waals surface area contributed by atoms with Crippen molar-refractivity contribution in [2.75, 3.05) is 13.7 Å². The number of pyridine rings is 1. The zero-order chi connectivity index (χ0) is 34.3. The summed E-state index contributed by atoms with van der Waals surface area (Å²) in [5, 5.41) is 3.03. The Morgan fingerprint density at radius 2 is 1.88 bits per heavy atom. The monoisotopic (exact) mass is 687 g/mol. The number of rotatable bonds is 7. The van der Waals surface area contributed by atoms with Crippen LogP contribution in [-0.4, -0.2) is 78.7 Å². The molecule has 13 heteroatoms. The lowest BCUT2D eigenvalue weighted by Crippen LogP contribution is -2.57. The highest BCUT2D eigenvalue weighted by Gasteiger charge is 2.62. The van der Waals surface area contributed by atoms with Crippen LogP contribution in [0.15, 0.2) is 66.7 Å². The summed E-state index contributed by atoms with van der Waals surface area (Å²) in [7, 11) is -2.25. The molecule has 1 saturated heterocycles. The summed E-state index contributed by atoms with van der Waals surface area (Å²) in [5.41, 5.74) is 7.20. The number of hydrogen-bond acceptors (Lipinski definition) is 9. The second-order valence-electron chi connectivity index (χ2n) is 13.5. The van der Waals surface area contributed by atoms with E-state index in [9.17, 15) is 22.8 Å². The largest absolute Gasteiger partial charge is 0.497 e. The van der Waals surface area contributed by atoms with Gasteiger partial charge in [-0.1, -0.05) is 48.9 Å². The van der Waals surface area contributed by atoms with Gasteiger partial charge in [0.05, 0.1) is 36.2 Å². The van der Waals surface area contributed by atoms with Crippen LogP contribution in [0.1, 0.15) is 51.4 Å². The number of ether oxygens (including phenoxy) is 2. The number of nitrogens with one attached hydrogen (secondary N) is 2. The van der Waals surface area contributed by atoms with Crippen molar-refractivity contribution in [3.8, 4) is 22.8 Å².